The van der Waals surface area contributed by atoms with E-state index in [1.54, 1.807) is 12.1 Å². The Morgan fingerprint density at radius 3 is 2.55 bits per heavy atom. The number of halogens is 1. The molecule has 4 rings (SSSR count). The van der Waals surface area contributed by atoms with Crippen LogP contribution in [0.1, 0.15) is 23.5 Å². The summed E-state index contributed by atoms with van der Waals surface area (Å²) in [5, 5.41) is 4.69. The summed E-state index contributed by atoms with van der Waals surface area (Å²) in [4.78, 5) is 29.3. The van der Waals surface area contributed by atoms with Gasteiger partial charge in [-0.25, -0.2) is 0 Å². The predicted octanol–water partition coefficient (Wildman–Crippen LogP) is 2.56. The van der Waals surface area contributed by atoms with Gasteiger partial charge in [0.2, 0.25) is 5.91 Å². The molecule has 3 heterocycles. The molecule has 2 aliphatic heterocycles. The van der Waals surface area contributed by atoms with Crippen molar-refractivity contribution in [2.24, 2.45) is 0 Å². The lowest BCUT2D eigenvalue weighted by Gasteiger charge is -2.36. The molecule has 164 valence electrons. The SMILES string of the molecule is CC(C)N1CCN(c2ccc(N3C=C(CNC(=O)c4ccc(Cl)s4)NN3)cc2)C(=O)C1. The zero-order valence-electron chi connectivity index (χ0n) is 17.4. The van der Waals surface area contributed by atoms with Crippen LogP contribution in [0.5, 0.6) is 0 Å². The molecule has 0 saturated carbocycles. The Kier molecular flexibility index (Phi) is 6.47. The second-order valence-corrected chi connectivity index (χ2v) is 9.39. The molecule has 2 amide bonds. The van der Waals surface area contributed by atoms with E-state index in [0.717, 1.165) is 23.6 Å². The third kappa shape index (κ3) is 5.01. The zero-order valence-corrected chi connectivity index (χ0v) is 19.0. The number of rotatable bonds is 6. The number of nitrogens with one attached hydrogen (secondary N) is 3. The molecule has 0 spiro atoms. The molecule has 31 heavy (non-hydrogen) atoms. The molecular formula is C21H25ClN6O2S. The summed E-state index contributed by atoms with van der Waals surface area (Å²) >= 11 is 7.13. The van der Waals surface area contributed by atoms with E-state index in [9.17, 15) is 9.59 Å². The first-order valence-electron chi connectivity index (χ1n) is 10.1. The van der Waals surface area contributed by atoms with Crippen molar-refractivity contribution in [1.82, 2.24) is 21.2 Å². The number of carbonyl (C=O) groups excluding carboxylic acids is 2. The van der Waals surface area contributed by atoms with Gasteiger partial charge < -0.3 is 15.6 Å². The maximum absolute atomic E-state index is 12.5. The van der Waals surface area contributed by atoms with Gasteiger partial charge in [-0.05, 0) is 50.2 Å². The van der Waals surface area contributed by atoms with Gasteiger partial charge in [-0.1, -0.05) is 11.6 Å². The summed E-state index contributed by atoms with van der Waals surface area (Å²) in [5.74, 6) is -0.0387. The van der Waals surface area contributed by atoms with Gasteiger partial charge in [0.1, 0.15) is 0 Å². The van der Waals surface area contributed by atoms with Crippen LogP contribution in [-0.2, 0) is 4.79 Å². The van der Waals surface area contributed by atoms with Crippen LogP contribution >= 0.6 is 22.9 Å². The van der Waals surface area contributed by atoms with Crippen LogP contribution in [0.4, 0.5) is 11.4 Å². The Hall–Kier alpha value is -2.59. The number of amides is 2. The molecule has 3 N–H and O–H groups in total. The van der Waals surface area contributed by atoms with E-state index in [1.165, 1.54) is 11.3 Å². The summed E-state index contributed by atoms with van der Waals surface area (Å²) in [6.07, 6.45) is 1.88. The molecule has 10 heteroatoms. The van der Waals surface area contributed by atoms with Crippen LogP contribution in [0.25, 0.3) is 0 Å². The normalized spacial score (nSPS) is 17.2. The number of benzene rings is 1. The van der Waals surface area contributed by atoms with E-state index in [4.69, 9.17) is 11.6 Å². The summed E-state index contributed by atoms with van der Waals surface area (Å²) in [7, 11) is 0. The Balaban J connectivity index is 1.33. The molecule has 2 aromatic rings. The Bertz CT molecular complexity index is 990. The Morgan fingerprint density at radius 1 is 1.16 bits per heavy atom. The van der Waals surface area contributed by atoms with Crippen molar-refractivity contribution >= 4 is 46.1 Å². The van der Waals surface area contributed by atoms with Crippen LogP contribution in [0.15, 0.2) is 48.3 Å². The first kappa shape index (κ1) is 21.6. The Morgan fingerprint density at radius 2 is 1.90 bits per heavy atom. The molecule has 0 unspecified atom stereocenters. The fourth-order valence-corrected chi connectivity index (χ4v) is 4.44. The minimum absolute atomic E-state index is 0.124. The van der Waals surface area contributed by atoms with Gasteiger partial charge in [0, 0.05) is 31.0 Å². The molecule has 0 atom stereocenters. The fraction of sp³-hybridized carbons (Fsp3) is 0.333. The van der Waals surface area contributed by atoms with Gasteiger partial charge in [0.15, 0.2) is 0 Å². The predicted molar refractivity (Wildman–Crippen MR) is 124 cm³/mol. The van der Waals surface area contributed by atoms with Crippen molar-refractivity contribution in [3.8, 4) is 0 Å². The Labute approximate surface area is 190 Å². The van der Waals surface area contributed by atoms with Gasteiger partial charge in [-0.15, -0.1) is 16.9 Å². The van der Waals surface area contributed by atoms with E-state index in [0.29, 0.717) is 34.9 Å². The highest BCUT2D eigenvalue weighted by atomic mass is 35.5. The van der Waals surface area contributed by atoms with Crippen LogP contribution in [0.2, 0.25) is 4.34 Å². The van der Waals surface area contributed by atoms with Crippen molar-refractivity contribution in [3.63, 3.8) is 0 Å². The lowest BCUT2D eigenvalue weighted by Crippen LogP contribution is -2.52. The van der Waals surface area contributed by atoms with Gasteiger partial charge in [0.25, 0.3) is 5.91 Å². The van der Waals surface area contributed by atoms with Crippen LogP contribution in [0, 0.1) is 0 Å². The summed E-state index contributed by atoms with van der Waals surface area (Å²) in [5.41, 5.74) is 8.73. The minimum Gasteiger partial charge on any atom is -0.346 e. The van der Waals surface area contributed by atoms with E-state index < -0.39 is 0 Å². The number of anilines is 2. The summed E-state index contributed by atoms with van der Waals surface area (Å²) in [6, 6.07) is 11.6. The molecule has 1 fully saturated rings. The van der Waals surface area contributed by atoms with E-state index in [-0.39, 0.29) is 11.8 Å². The second kappa shape index (κ2) is 9.27. The molecule has 0 aliphatic carbocycles. The number of hydrazine groups is 2. The van der Waals surface area contributed by atoms with Crippen LogP contribution in [-0.4, -0.2) is 48.9 Å². The van der Waals surface area contributed by atoms with Gasteiger partial charge in [-0.2, -0.15) is 0 Å². The first-order valence-corrected chi connectivity index (χ1v) is 11.3. The highest BCUT2D eigenvalue weighted by molar-refractivity contribution is 7.18. The van der Waals surface area contributed by atoms with Gasteiger partial charge in [-0.3, -0.25) is 19.5 Å². The molecular weight excluding hydrogens is 436 g/mol. The monoisotopic (exact) mass is 460 g/mol. The maximum Gasteiger partial charge on any atom is 0.261 e. The lowest BCUT2D eigenvalue weighted by atomic mass is 10.2. The maximum atomic E-state index is 12.5. The fourth-order valence-electron chi connectivity index (χ4n) is 3.48. The third-order valence-electron chi connectivity index (χ3n) is 5.28. The van der Waals surface area contributed by atoms with Crippen LogP contribution in [0.3, 0.4) is 0 Å². The van der Waals surface area contributed by atoms with Crippen LogP contribution < -0.4 is 26.2 Å². The molecule has 0 bridgehead atoms. The average Bonchev–Trinajstić information content (AvgIpc) is 3.41. The average molecular weight is 461 g/mol. The second-order valence-electron chi connectivity index (χ2n) is 7.67. The van der Waals surface area contributed by atoms with E-state index in [2.05, 4.69) is 35.0 Å². The lowest BCUT2D eigenvalue weighted by molar-refractivity contribution is -0.121. The highest BCUT2D eigenvalue weighted by Crippen LogP contribution is 2.24. The minimum atomic E-state index is -0.162. The number of thiophene rings is 1. The summed E-state index contributed by atoms with van der Waals surface area (Å²) < 4.78 is 0.586. The van der Waals surface area contributed by atoms with Crippen molar-refractivity contribution in [3.05, 3.63) is 57.5 Å². The van der Waals surface area contributed by atoms with Crippen molar-refractivity contribution in [2.45, 2.75) is 19.9 Å². The molecule has 2 aliphatic rings. The number of piperazine rings is 1. The van der Waals surface area contributed by atoms with Crippen molar-refractivity contribution in [1.29, 1.82) is 0 Å². The smallest absolute Gasteiger partial charge is 0.261 e. The van der Waals surface area contributed by atoms with Crippen molar-refractivity contribution < 1.29 is 9.59 Å². The summed E-state index contributed by atoms with van der Waals surface area (Å²) in [6.45, 7) is 6.59. The zero-order chi connectivity index (χ0) is 22.0. The number of hydrogen-bond acceptors (Lipinski definition) is 7. The topological polar surface area (TPSA) is 80.0 Å². The van der Waals surface area contributed by atoms with E-state index >= 15 is 0 Å². The third-order valence-corrected chi connectivity index (χ3v) is 6.51. The van der Waals surface area contributed by atoms with Crippen molar-refractivity contribution in [2.75, 3.05) is 36.1 Å². The largest absolute Gasteiger partial charge is 0.346 e. The first-order chi connectivity index (χ1) is 14.9. The van der Waals surface area contributed by atoms with E-state index in [1.807, 2.05) is 40.4 Å². The standard InChI is InChI=1S/C21H25ClN6O2S/c1-14(2)26-9-10-27(20(29)13-26)16-3-5-17(6-4-16)28-12-15(24-25-28)11-23-21(30)18-7-8-19(22)31-18/h3-8,12,14,24-25H,9-11,13H2,1-2H3,(H,23,30). The van der Waals surface area contributed by atoms with Gasteiger partial charge >= 0.3 is 0 Å². The molecule has 8 nitrogen and oxygen atoms in total. The molecule has 0 radical (unpaired) electrons. The van der Waals surface area contributed by atoms with Gasteiger partial charge in [0.05, 0.1) is 33.7 Å². The highest BCUT2D eigenvalue weighted by Gasteiger charge is 2.26. The quantitative estimate of drug-likeness (QED) is 0.615. The number of carbonyl (C=O) groups is 2. The molecule has 1 saturated heterocycles. The molecule has 1 aromatic carbocycles. The number of nitrogens with zero attached hydrogens (tertiary/aromatic N) is 3. The number of hydrogen-bond donors (Lipinski definition) is 3. The molecule has 1 aromatic heterocycles.